The predicted octanol–water partition coefficient (Wildman–Crippen LogP) is 3.02. The Hall–Kier alpha value is -2.87. The summed E-state index contributed by atoms with van der Waals surface area (Å²) in [5.74, 6) is -0.836. The number of carbonyl (C=O) groups excluding carboxylic acids is 3. The van der Waals surface area contributed by atoms with E-state index in [1.807, 2.05) is 0 Å². The lowest BCUT2D eigenvalue weighted by molar-refractivity contribution is -0.120. The number of methoxy groups -OCH3 is 2. The van der Waals surface area contributed by atoms with Gasteiger partial charge >= 0.3 is 0 Å². The van der Waals surface area contributed by atoms with Crippen LogP contribution in [0.5, 0.6) is 11.5 Å². The molecule has 0 saturated heterocycles. The normalized spacial score (nSPS) is 14.0. The summed E-state index contributed by atoms with van der Waals surface area (Å²) in [7, 11) is 3.00. The summed E-state index contributed by atoms with van der Waals surface area (Å²) in [4.78, 5) is 38.7. The van der Waals surface area contributed by atoms with Crippen molar-refractivity contribution in [3.63, 3.8) is 0 Å². The van der Waals surface area contributed by atoms with E-state index in [9.17, 15) is 14.4 Å². The summed E-state index contributed by atoms with van der Waals surface area (Å²) in [5.41, 5.74) is 1.09. The van der Waals surface area contributed by atoms with Gasteiger partial charge in [0.25, 0.3) is 11.7 Å². The summed E-state index contributed by atoms with van der Waals surface area (Å²) in [6, 6.07) is 9.01. The fourth-order valence-corrected chi connectivity index (χ4v) is 3.25. The van der Waals surface area contributed by atoms with E-state index in [1.54, 1.807) is 43.3 Å². The van der Waals surface area contributed by atoms with Gasteiger partial charge in [-0.1, -0.05) is 15.9 Å². The highest BCUT2D eigenvalue weighted by atomic mass is 79.9. The molecule has 1 aliphatic heterocycles. The highest BCUT2D eigenvalue weighted by Gasteiger charge is 2.40. The fraction of sp³-hybridized carbons (Fsp3) is 0.211. The van der Waals surface area contributed by atoms with Gasteiger partial charge in [0.05, 0.1) is 31.2 Å². The first-order valence-electron chi connectivity index (χ1n) is 8.07. The van der Waals surface area contributed by atoms with Crippen molar-refractivity contribution >= 4 is 44.9 Å². The molecule has 7 nitrogen and oxygen atoms in total. The minimum absolute atomic E-state index is 0.271. The largest absolute Gasteiger partial charge is 0.497 e. The Morgan fingerprint density at radius 2 is 1.85 bits per heavy atom. The Morgan fingerprint density at radius 1 is 1.11 bits per heavy atom. The number of anilines is 2. The molecule has 0 aromatic heterocycles. The van der Waals surface area contributed by atoms with Gasteiger partial charge in [0.2, 0.25) is 5.91 Å². The van der Waals surface area contributed by atoms with Crippen LogP contribution in [-0.4, -0.2) is 37.9 Å². The number of ketones is 1. The molecule has 0 aliphatic carbocycles. The molecule has 140 valence electrons. The number of Topliss-reactive ketones (excluding diaryl/α,β-unsaturated/α-hetero) is 1. The predicted molar refractivity (Wildman–Crippen MR) is 104 cm³/mol. The first kappa shape index (κ1) is 18.9. The Balaban J connectivity index is 1.89. The average molecular weight is 433 g/mol. The van der Waals surface area contributed by atoms with Gasteiger partial charge < -0.3 is 14.8 Å². The smallest absolute Gasteiger partial charge is 0.300 e. The molecule has 1 heterocycles. The van der Waals surface area contributed by atoms with Crippen LogP contribution in [-0.2, 0) is 9.59 Å². The lowest BCUT2D eigenvalue weighted by Gasteiger charge is -2.24. The van der Waals surface area contributed by atoms with Gasteiger partial charge in [-0.2, -0.15) is 0 Å². The van der Waals surface area contributed by atoms with Crippen molar-refractivity contribution < 1.29 is 23.9 Å². The first-order valence-corrected chi connectivity index (χ1v) is 8.87. The van der Waals surface area contributed by atoms with Crippen molar-refractivity contribution in [2.75, 3.05) is 24.4 Å². The molecule has 2 aromatic rings. The molecule has 0 radical (unpaired) electrons. The van der Waals surface area contributed by atoms with Gasteiger partial charge in [-0.3, -0.25) is 19.3 Å². The molecule has 1 atom stereocenters. The van der Waals surface area contributed by atoms with Crippen LogP contribution in [0.1, 0.15) is 17.3 Å². The zero-order valence-corrected chi connectivity index (χ0v) is 16.5. The van der Waals surface area contributed by atoms with Crippen molar-refractivity contribution in [2.24, 2.45) is 0 Å². The zero-order chi connectivity index (χ0) is 19.7. The highest BCUT2D eigenvalue weighted by Crippen LogP contribution is 2.34. The number of amides is 2. The summed E-state index contributed by atoms with van der Waals surface area (Å²) in [6.07, 6.45) is 0. The molecule has 3 rings (SSSR count). The Kier molecular flexibility index (Phi) is 5.18. The number of rotatable bonds is 5. The number of hydrogen-bond donors (Lipinski definition) is 1. The van der Waals surface area contributed by atoms with E-state index in [1.165, 1.54) is 19.1 Å². The number of hydrogen-bond acceptors (Lipinski definition) is 5. The lowest BCUT2D eigenvalue weighted by Crippen LogP contribution is -2.45. The highest BCUT2D eigenvalue weighted by molar-refractivity contribution is 9.10. The quantitative estimate of drug-likeness (QED) is 0.733. The third-order valence-electron chi connectivity index (χ3n) is 4.31. The number of fused-ring (bicyclic) bond motifs is 1. The number of benzene rings is 2. The molecular weight excluding hydrogens is 416 g/mol. The lowest BCUT2D eigenvalue weighted by atomic mass is 10.1. The van der Waals surface area contributed by atoms with Crippen molar-refractivity contribution in [1.29, 1.82) is 0 Å². The van der Waals surface area contributed by atoms with Crippen LogP contribution in [0.2, 0.25) is 0 Å². The van der Waals surface area contributed by atoms with Gasteiger partial charge in [-0.05, 0) is 37.3 Å². The SMILES string of the molecule is COc1ccc(OC)c(NC(=O)C(C)N2C(=O)C(=O)c3cc(Br)ccc32)c1. The van der Waals surface area contributed by atoms with Crippen LogP contribution in [0.25, 0.3) is 0 Å². The number of nitrogens with zero attached hydrogens (tertiary/aromatic N) is 1. The van der Waals surface area contributed by atoms with E-state index < -0.39 is 23.6 Å². The molecule has 0 saturated carbocycles. The maximum absolute atomic E-state index is 12.8. The Morgan fingerprint density at radius 3 is 2.52 bits per heavy atom. The van der Waals surface area contributed by atoms with Gasteiger partial charge in [0, 0.05) is 10.5 Å². The van der Waals surface area contributed by atoms with Crippen LogP contribution in [0.3, 0.4) is 0 Å². The molecule has 27 heavy (non-hydrogen) atoms. The monoisotopic (exact) mass is 432 g/mol. The summed E-state index contributed by atoms with van der Waals surface area (Å²) < 4.78 is 11.1. The molecule has 8 heteroatoms. The van der Waals surface area contributed by atoms with Gasteiger partial charge in [-0.15, -0.1) is 0 Å². The van der Waals surface area contributed by atoms with E-state index in [2.05, 4.69) is 21.2 Å². The molecular formula is C19H17BrN2O5. The second-order valence-electron chi connectivity index (χ2n) is 5.90. The third-order valence-corrected chi connectivity index (χ3v) is 4.80. The van der Waals surface area contributed by atoms with Crippen LogP contribution in [0.4, 0.5) is 11.4 Å². The minimum Gasteiger partial charge on any atom is -0.497 e. The Bertz CT molecular complexity index is 944. The van der Waals surface area contributed by atoms with E-state index in [-0.39, 0.29) is 5.56 Å². The van der Waals surface area contributed by atoms with Crippen LogP contribution in [0.15, 0.2) is 40.9 Å². The molecule has 0 fully saturated rings. The molecule has 0 bridgehead atoms. The second kappa shape index (κ2) is 7.40. The molecule has 1 aliphatic rings. The van der Waals surface area contributed by atoms with Gasteiger partial charge in [-0.25, -0.2) is 0 Å². The third kappa shape index (κ3) is 3.40. The minimum atomic E-state index is -0.903. The standard InChI is InChI=1S/C19H17BrN2O5/c1-10(18(24)21-14-9-12(26-2)5-7-16(14)27-3)22-15-6-4-11(20)8-13(15)17(23)19(22)25/h4-10H,1-3H3,(H,21,24). The van der Waals surface area contributed by atoms with Crippen molar-refractivity contribution in [1.82, 2.24) is 0 Å². The summed E-state index contributed by atoms with van der Waals surface area (Å²) >= 11 is 3.28. The van der Waals surface area contributed by atoms with Gasteiger partial charge in [0.1, 0.15) is 17.5 Å². The Labute approximate surface area is 164 Å². The molecule has 0 spiro atoms. The number of halogens is 1. The van der Waals surface area contributed by atoms with Crippen molar-refractivity contribution in [3.05, 3.63) is 46.4 Å². The number of carbonyl (C=O) groups is 3. The maximum Gasteiger partial charge on any atom is 0.300 e. The first-order chi connectivity index (χ1) is 12.9. The van der Waals surface area contributed by atoms with Crippen molar-refractivity contribution in [2.45, 2.75) is 13.0 Å². The van der Waals surface area contributed by atoms with Crippen LogP contribution < -0.4 is 19.7 Å². The average Bonchev–Trinajstić information content (AvgIpc) is 2.91. The summed E-state index contributed by atoms with van der Waals surface area (Å²) in [6.45, 7) is 1.56. The van der Waals surface area contributed by atoms with E-state index in [0.29, 0.717) is 27.3 Å². The molecule has 1 N–H and O–H groups in total. The second-order valence-corrected chi connectivity index (χ2v) is 6.81. The van der Waals surface area contributed by atoms with Crippen LogP contribution >= 0.6 is 15.9 Å². The number of nitrogens with one attached hydrogen (secondary N) is 1. The summed E-state index contributed by atoms with van der Waals surface area (Å²) in [5, 5.41) is 2.73. The van der Waals surface area contributed by atoms with Crippen molar-refractivity contribution in [3.8, 4) is 11.5 Å². The molecule has 1 unspecified atom stereocenters. The van der Waals surface area contributed by atoms with E-state index >= 15 is 0 Å². The molecule has 2 aromatic carbocycles. The fourth-order valence-electron chi connectivity index (χ4n) is 2.88. The zero-order valence-electron chi connectivity index (χ0n) is 14.9. The van der Waals surface area contributed by atoms with E-state index in [4.69, 9.17) is 9.47 Å². The maximum atomic E-state index is 12.8. The van der Waals surface area contributed by atoms with Gasteiger partial charge in [0.15, 0.2) is 0 Å². The number of ether oxygens (including phenoxy) is 2. The van der Waals surface area contributed by atoms with Crippen LogP contribution in [0, 0.1) is 0 Å². The van der Waals surface area contributed by atoms with E-state index in [0.717, 1.165) is 0 Å². The molecule has 2 amide bonds. The topological polar surface area (TPSA) is 84.9 Å².